The molecule has 2 heterocycles. The SMILES string of the molecule is Cc1nn(C)c(C)c1C(=O)Nc1ncccc1Br. The van der Waals surface area contributed by atoms with Crippen LogP contribution in [-0.4, -0.2) is 20.7 Å². The predicted molar refractivity (Wildman–Crippen MR) is 72.6 cm³/mol. The smallest absolute Gasteiger partial charge is 0.260 e. The van der Waals surface area contributed by atoms with Gasteiger partial charge in [0.05, 0.1) is 15.7 Å². The Morgan fingerprint density at radius 2 is 2.17 bits per heavy atom. The molecule has 0 saturated heterocycles. The summed E-state index contributed by atoms with van der Waals surface area (Å²) < 4.78 is 2.44. The van der Waals surface area contributed by atoms with Crippen molar-refractivity contribution in [3.05, 3.63) is 39.8 Å². The minimum atomic E-state index is -0.197. The van der Waals surface area contributed by atoms with Crippen molar-refractivity contribution in [2.24, 2.45) is 7.05 Å². The Hall–Kier alpha value is -1.69. The molecule has 0 aliphatic rings. The summed E-state index contributed by atoms with van der Waals surface area (Å²) in [6.45, 7) is 3.68. The Bertz CT molecular complexity index is 606. The van der Waals surface area contributed by atoms with Crippen LogP contribution in [0, 0.1) is 13.8 Å². The van der Waals surface area contributed by atoms with Crippen molar-refractivity contribution in [3.8, 4) is 0 Å². The maximum absolute atomic E-state index is 12.2. The van der Waals surface area contributed by atoms with E-state index in [1.54, 1.807) is 16.9 Å². The van der Waals surface area contributed by atoms with Crippen molar-refractivity contribution in [2.75, 3.05) is 5.32 Å². The fourth-order valence-corrected chi connectivity index (χ4v) is 2.10. The highest BCUT2D eigenvalue weighted by Crippen LogP contribution is 2.20. The highest BCUT2D eigenvalue weighted by Gasteiger charge is 2.18. The summed E-state index contributed by atoms with van der Waals surface area (Å²) >= 11 is 3.34. The lowest BCUT2D eigenvalue weighted by Crippen LogP contribution is -2.15. The topological polar surface area (TPSA) is 59.8 Å². The Labute approximate surface area is 113 Å². The van der Waals surface area contributed by atoms with Gasteiger partial charge in [-0.3, -0.25) is 9.48 Å². The van der Waals surface area contributed by atoms with Gasteiger partial charge >= 0.3 is 0 Å². The number of carbonyl (C=O) groups excluding carboxylic acids is 1. The van der Waals surface area contributed by atoms with Gasteiger partial charge in [0.15, 0.2) is 0 Å². The monoisotopic (exact) mass is 308 g/mol. The van der Waals surface area contributed by atoms with Crippen molar-refractivity contribution >= 4 is 27.7 Å². The van der Waals surface area contributed by atoms with Crippen LogP contribution in [0.3, 0.4) is 0 Å². The number of aryl methyl sites for hydroxylation is 2. The third-order valence-electron chi connectivity index (χ3n) is 2.73. The van der Waals surface area contributed by atoms with Crippen molar-refractivity contribution in [1.82, 2.24) is 14.8 Å². The first-order valence-electron chi connectivity index (χ1n) is 5.42. The molecule has 2 aromatic heterocycles. The predicted octanol–water partition coefficient (Wildman–Crippen LogP) is 2.45. The zero-order valence-corrected chi connectivity index (χ0v) is 11.9. The number of amides is 1. The van der Waals surface area contributed by atoms with Crippen LogP contribution in [0.1, 0.15) is 21.7 Å². The number of carbonyl (C=O) groups is 1. The molecule has 18 heavy (non-hydrogen) atoms. The van der Waals surface area contributed by atoms with Crippen molar-refractivity contribution < 1.29 is 4.79 Å². The third-order valence-corrected chi connectivity index (χ3v) is 3.37. The van der Waals surface area contributed by atoms with E-state index >= 15 is 0 Å². The average Bonchev–Trinajstić information content (AvgIpc) is 2.56. The van der Waals surface area contributed by atoms with Gasteiger partial charge in [0.2, 0.25) is 0 Å². The normalized spacial score (nSPS) is 10.4. The number of pyridine rings is 1. The molecule has 0 radical (unpaired) electrons. The Kier molecular flexibility index (Phi) is 3.47. The molecule has 5 nitrogen and oxygen atoms in total. The molecule has 94 valence electrons. The molecule has 2 aromatic rings. The Balaban J connectivity index is 2.31. The zero-order chi connectivity index (χ0) is 13.3. The maximum Gasteiger partial charge on any atom is 0.260 e. The second-order valence-corrected chi connectivity index (χ2v) is 4.81. The first-order valence-corrected chi connectivity index (χ1v) is 6.22. The highest BCUT2D eigenvalue weighted by atomic mass is 79.9. The van der Waals surface area contributed by atoms with E-state index in [4.69, 9.17) is 0 Å². The van der Waals surface area contributed by atoms with Gasteiger partial charge in [-0.25, -0.2) is 4.98 Å². The first kappa shape index (κ1) is 12.8. The summed E-state index contributed by atoms with van der Waals surface area (Å²) in [6.07, 6.45) is 1.63. The lowest BCUT2D eigenvalue weighted by molar-refractivity contribution is 0.102. The molecule has 1 amide bonds. The van der Waals surface area contributed by atoms with Crippen molar-refractivity contribution in [3.63, 3.8) is 0 Å². The van der Waals surface area contributed by atoms with Crippen molar-refractivity contribution in [2.45, 2.75) is 13.8 Å². The summed E-state index contributed by atoms with van der Waals surface area (Å²) in [6, 6.07) is 3.62. The van der Waals surface area contributed by atoms with Gasteiger partial charge in [-0.1, -0.05) is 0 Å². The lowest BCUT2D eigenvalue weighted by atomic mass is 10.2. The third kappa shape index (κ3) is 2.28. The largest absolute Gasteiger partial charge is 0.306 e. The quantitative estimate of drug-likeness (QED) is 0.927. The van der Waals surface area contributed by atoms with Crippen LogP contribution in [0.4, 0.5) is 5.82 Å². The molecule has 0 spiro atoms. The average molecular weight is 309 g/mol. The van der Waals surface area contributed by atoms with E-state index in [0.717, 1.165) is 10.2 Å². The van der Waals surface area contributed by atoms with Crippen LogP contribution in [-0.2, 0) is 7.05 Å². The number of rotatable bonds is 2. The van der Waals surface area contributed by atoms with Crippen LogP contribution in [0.2, 0.25) is 0 Å². The number of hydrogen-bond donors (Lipinski definition) is 1. The van der Waals surface area contributed by atoms with E-state index < -0.39 is 0 Å². The molecule has 1 N–H and O–H groups in total. The van der Waals surface area contributed by atoms with Crippen LogP contribution >= 0.6 is 15.9 Å². The number of halogens is 1. The second-order valence-electron chi connectivity index (χ2n) is 3.96. The van der Waals surface area contributed by atoms with E-state index in [2.05, 4.69) is 31.3 Å². The molecule has 2 rings (SSSR count). The number of hydrogen-bond acceptors (Lipinski definition) is 3. The molecular formula is C12H13BrN4O. The summed E-state index contributed by atoms with van der Waals surface area (Å²) in [5.41, 5.74) is 2.13. The number of nitrogens with zero attached hydrogens (tertiary/aromatic N) is 3. The van der Waals surface area contributed by atoms with Gasteiger partial charge in [-0.15, -0.1) is 0 Å². The molecular weight excluding hydrogens is 296 g/mol. The van der Waals surface area contributed by atoms with Crippen molar-refractivity contribution in [1.29, 1.82) is 0 Å². The second kappa shape index (κ2) is 4.89. The molecule has 0 bridgehead atoms. The molecule has 0 aliphatic heterocycles. The molecule has 0 fully saturated rings. The minimum absolute atomic E-state index is 0.197. The summed E-state index contributed by atoms with van der Waals surface area (Å²) in [7, 11) is 1.82. The number of nitrogens with one attached hydrogen (secondary N) is 1. The van der Waals surface area contributed by atoms with Crippen LogP contribution in [0.15, 0.2) is 22.8 Å². The van der Waals surface area contributed by atoms with Gasteiger partial charge < -0.3 is 5.32 Å². The van der Waals surface area contributed by atoms with Crippen LogP contribution in [0.5, 0.6) is 0 Å². The van der Waals surface area contributed by atoms with E-state index in [1.165, 1.54) is 0 Å². The van der Waals surface area contributed by atoms with Gasteiger partial charge in [-0.2, -0.15) is 5.10 Å². The molecule has 0 aromatic carbocycles. The van der Waals surface area contributed by atoms with E-state index in [-0.39, 0.29) is 5.91 Å². The molecule has 0 saturated carbocycles. The lowest BCUT2D eigenvalue weighted by Gasteiger charge is -2.06. The van der Waals surface area contributed by atoms with E-state index in [1.807, 2.05) is 27.0 Å². The molecule has 0 unspecified atom stereocenters. The Morgan fingerprint density at radius 3 is 2.72 bits per heavy atom. The highest BCUT2D eigenvalue weighted by molar-refractivity contribution is 9.10. The van der Waals surface area contributed by atoms with Gasteiger partial charge in [0, 0.05) is 18.9 Å². The number of aromatic nitrogens is 3. The fourth-order valence-electron chi connectivity index (χ4n) is 1.75. The summed E-state index contributed by atoms with van der Waals surface area (Å²) in [4.78, 5) is 16.3. The van der Waals surface area contributed by atoms with Crippen LogP contribution < -0.4 is 5.32 Å². The van der Waals surface area contributed by atoms with Gasteiger partial charge in [0.25, 0.3) is 5.91 Å². The minimum Gasteiger partial charge on any atom is -0.306 e. The van der Waals surface area contributed by atoms with E-state index in [0.29, 0.717) is 17.1 Å². The molecule has 6 heteroatoms. The standard InChI is InChI=1S/C12H13BrN4O/c1-7-10(8(2)17(3)16-7)12(18)15-11-9(13)5-4-6-14-11/h4-6H,1-3H3,(H,14,15,18). The number of anilines is 1. The Morgan fingerprint density at radius 1 is 1.44 bits per heavy atom. The van der Waals surface area contributed by atoms with Gasteiger partial charge in [-0.05, 0) is 41.9 Å². The van der Waals surface area contributed by atoms with Gasteiger partial charge in [0.1, 0.15) is 5.82 Å². The fraction of sp³-hybridized carbons (Fsp3) is 0.250. The zero-order valence-electron chi connectivity index (χ0n) is 10.4. The maximum atomic E-state index is 12.2. The summed E-state index contributed by atoms with van der Waals surface area (Å²) in [5.74, 6) is 0.308. The van der Waals surface area contributed by atoms with E-state index in [9.17, 15) is 4.79 Å². The first-order chi connectivity index (χ1) is 8.50. The molecule has 0 atom stereocenters. The van der Waals surface area contributed by atoms with Crippen LogP contribution in [0.25, 0.3) is 0 Å². The molecule has 0 aliphatic carbocycles. The summed E-state index contributed by atoms with van der Waals surface area (Å²) in [5, 5.41) is 6.99.